The number of morpholine rings is 1. The van der Waals surface area contributed by atoms with E-state index in [-0.39, 0.29) is 16.6 Å². The van der Waals surface area contributed by atoms with Crippen molar-refractivity contribution < 1.29 is 23.1 Å². The summed E-state index contributed by atoms with van der Waals surface area (Å²) in [5.74, 6) is -0.299. The molecule has 1 unspecified atom stereocenters. The Morgan fingerprint density at radius 2 is 1.86 bits per heavy atom. The first-order valence-corrected chi connectivity index (χ1v) is 8.06. The van der Waals surface area contributed by atoms with Crippen LogP contribution in [0.2, 0.25) is 0 Å². The third kappa shape index (κ3) is 3.93. The number of rotatable bonds is 4. The van der Waals surface area contributed by atoms with Gasteiger partial charge in [0.2, 0.25) is 15.9 Å². The van der Waals surface area contributed by atoms with Gasteiger partial charge < -0.3 is 14.7 Å². The van der Waals surface area contributed by atoms with E-state index < -0.39 is 16.1 Å². The molecule has 1 aromatic rings. The molecule has 0 aromatic heterocycles. The summed E-state index contributed by atoms with van der Waals surface area (Å²) < 4.78 is 31.8. The first kappa shape index (κ1) is 15.7. The molecule has 1 atom stereocenters. The zero-order chi connectivity index (χ0) is 15.5. The predicted molar refractivity (Wildman–Crippen MR) is 75.3 cm³/mol. The quantitative estimate of drug-likeness (QED) is 0.810. The number of phenols is 1. The number of nitrogens with zero attached hydrogens (tertiary/aromatic N) is 1. The summed E-state index contributed by atoms with van der Waals surface area (Å²) in [4.78, 5) is 13.7. The molecule has 21 heavy (non-hydrogen) atoms. The summed E-state index contributed by atoms with van der Waals surface area (Å²) in [5, 5.41) is 9.17. The van der Waals surface area contributed by atoms with Gasteiger partial charge in [-0.15, -0.1) is 0 Å². The lowest BCUT2D eigenvalue weighted by Gasteiger charge is -2.29. The van der Waals surface area contributed by atoms with Crippen LogP contribution in [0.15, 0.2) is 29.2 Å². The van der Waals surface area contributed by atoms with Gasteiger partial charge in [-0.2, -0.15) is 4.72 Å². The normalized spacial score (nSPS) is 17.5. The number of carbonyl (C=O) groups excluding carboxylic acids is 1. The molecule has 1 aliphatic rings. The van der Waals surface area contributed by atoms with Crippen LogP contribution in [0.3, 0.4) is 0 Å². The molecule has 0 spiro atoms. The molecule has 0 bridgehead atoms. The Morgan fingerprint density at radius 1 is 1.29 bits per heavy atom. The Morgan fingerprint density at radius 3 is 2.43 bits per heavy atom. The monoisotopic (exact) mass is 314 g/mol. The zero-order valence-corrected chi connectivity index (χ0v) is 12.5. The molecule has 2 N–H and O–H groups in total. The number of amides is 1. The van der Waals surface area contributed by atoms with Crippen molar-refractivity contribution in [3.8, 4) is 5.75 Å². The Labute approximate surface area is 123 Å². The molecule has 1 aliphatic heterocycles. The highest BCUT2D eigenvalue weighted by atomic mass is 32.2. The smallest absolute Gasteiger partial charge is 0.241 e. The maximum atomic E-state index is 12.2. The minimum Gasteiger partial charge on any atom is -0.508 e. The minimum atomic E-state index is -3.80. The highest BCUT2D eigenvalue weighted by Crippen LogP contribution is 2.15. The summed E-state index contributed by atoms with van der Waals surface area (Å²) in [6, 6.07) is 4.26. The molecule has 0 aliphatic carbocycles. The SMILES string of the molecule is CC(NS(=O)(=O)c1ccc(O)cc1)C(=O)N1CCOCC1. The molecule has 8 heteroatoms. The lowest BCUT2D eigenvalue weighted by Crippen LogP contribution is -2.50. The number of sulfonamides is 1. The van der Waals surface area contributed by atoms with E-state index in [4.69, 9.17) is 4.74 Å². The number of nitrogens with one attached hydrogen (secondary N) is 1. The maximum absolute atomic E-state index is 12.2. The van der Waals surface area contributed by atoms with Crippen LogP contribution in [-0.2, 0) is 19.6 Å². The van der Waals surface area contributed by atoms with Gasteiger partial charge in [0.1, 0.15) is 5.75 Å². The van der Waals surface area contributed by atoms with Crippen molar-refractivity contribution in [1.29, 1.82) is 0 Å². The average molecular weight is 314 g/mol. The van der Waals surface area contributed by atoms with E-state index in [9.17, 15) is 18.3 Å². The van der Waals surface area contributed by atoms with Gasteiger partial charge in [0.05, 0.1) is 24.2 Å². The van der Waals surface area contributed by atoms with Gasteiger partial charge in [-0.1, -0.05) is 0 Å². The Kier molecular flexibility index (Phi) is 4.81. The number of benzene rings is 1. The third-order valence-electron chi connectivity index (χ3n) is 3.17. The molecule has 7 nitrogen and oxygen atoms in total. The number of hydrogen-bond donors (Lipinski definition) is 2. The van der Waals surface area contributed by atoms with E-state index in [0.717, 1.165) is 0 Å². The van der Waals surface area contributed by atoms with Crippen LogP contribution in [0.5, 0.6) is 5.75 Å². The standard InChI is InChI=1S/C13H18N2O5S/c1-10(13(17)15-6-8-20-9-7-15)14-21(18,19)12-4-2-11(16)3-5-12/h2-5,10,14,16H,6-9H2,1H3. The average Bonchev–Trinajstić information content (AvgIpc) is 2.47. The van der Waals surface area contributed by atoms with Crippen molar-refractivity contribution in [2.24, 2.45) is 0 Å². The minimum absolute atomic E-state index is 0.00178. The van der Waals surface area contributed by atoms with Gasteiger partial charge in [0.15, 0.2) is 0 Å². The summed E-state index contributed by atoms with van der Waals surface area (Å²) >= 11 is 0. The van der Waals surface area contributed by atoms with Crippen LogP contribution in [0.1, 0.15) is 6.92 Å². The second-order valence-corrected chi connectivity index (χ2v) is 6.49. The fourth-order valence-electron chi connectivity index (χ4n) is 2.03. The van der Waals surface area contributed by atoms with Gasteiger partial charge >= 0.3 is 0 Å². The van der Waals surface area contributed by atoms with Crippen LogP contribution in [0.4, 0.5) is 0 Å². The van der Waals surface area contributed by atoms with E-state index in [1.807, 2.05) is 0 Å². The molecule has 1 heterocycles. The lowest BCUT2D eigenvalue weighted by molar-refractivity contribution is -0.136. The summed E-state index contributed by atoms with van der Waals surface area (Å²) in [7, 11) is -3.80. The molecular weight excluding hydrogens is 296 g/mol. The van der Waals surface area contributed by atoms with E-state index >= 15 is 0 Å². The van der Waals surface area contributed by atoms with E-state index in [2.05, 4.69) is 4.72 Å². The molecular formula is C13H18N2O5S. The fourth-order valence-corrected chi connectivity index (χ4v) is 3.23. The molecule has 2 rings (SSSR count). The van der Waals surface area contributed by atoms with Crippen LogP contribution in [0, 0.1) is 0 Å². The first-order chi connectivity index (χ1) is 9.90. The van der Waals surface area contributed by atoms with Crippen LogP contribution >= 0.6 is 0 Å². The largest absolute Gasteiger partial charge is 0.508 e. The molecule has 0 saturated carbocycles. The van der Waals surface area contributed by atoms with Crippen molar-refractivity contribution in [3.63, 3.8) is 0 Å². The van der Waals surface area contributed by atoms with Crippen LogP contribution in [-0.4, -0.2) is 56.7 Å². The summed E-state index contributed by atoms with van der Waals surface area (Å²) in [6.45, 7) is 3.36. The number of ether oxygens (including phenoxy) is 1. The maximum Gasteiger partial charge on any atom is 0.241 e. The number of hydrogen-bond acceptors (Lipinski definition) is 5. The molecule has 0 radical (unpaired) electrons. The van der Waals surface area contributed by atoms with Crippen molar-refractivity contribution in [2.75, 3.05) is 26.3 Å². The van der Waals surface area contributed by atoms with Gasteiger partial charge in [-0.3, -0.25) is 4.79 Å². The highest BCUT2D eigenvalue weighted by Gasteiger charge is 2.26. The Bertz CT molecular complexity index is 593. The zero-order valence-electron chi connectivity index (χ0n) is 11.7. The van der Waals surface area contributed by atoms with Crippen LogP contribution in [0.25, 0.3) is 0 Å². The third-order valence-corrected chi connectivity index (χ3v) is 4.73. The number of carbonyl (C=O) groups is 1. The van der Waals surface area contributed by atoms with Crippen molar-refractivity contribution in [2.45, 2.75) is 17.9 Å². The Balaban J connectivity index is 2.05. The summed E-state index contributed by atoms with van der Waals surface area (Å²) in [5.41, 5.74) is 0. The molecule has 1 saturated heterocycles. The molecule has 1 amide bonds. The second kappa shape index (κ2) is 6.42. The van der Waals surface area contributed by atoms with E-state index in [1.54, 1.807) is 4.90 Å². The fraction of sp³-hybridized carbons (Fsp3) is 0.462. The van der Waals surface area contributed by atoms with Gasteiger partial charge in [-0.25, -0.2) is 8.42 Å². The summed E-state index contributed by atoms with van der Waals surface area (Å²) in [6.07, 6.45) is 0. The predicted octanol–water partition coefficient (Wildman–Crippen LogP) is -0.0822. The molecule has 1 fully saturated rings. The molecule has 116 valence electrons. The highest BCUT2D eigenvalue weighted by molar-refractivity contribution is 7.89. The van der Waals surface area contributed by atoms with E-state index in [1.165, 1.54) is 31.2 Å². The van der Waals surface area contributed by atoms with Gasteiger partial charge in [0, 0.05) is 13.1 Å². The Hall–Kier alpha value is -1.64. The molecule has 1 aromatic carbocycles. The van der Waals surface area contributed by atoms with Crippen molar-refractivity contribution >= 4 is 15.9 Å². The van der Waals surface area contributed by atoms with E-state index in [0.29, 0.717) is 26.3 Å². The van der Waals surface area contributed by atoms with Crippen molar-refractivity contribution in [1.82, 2.24) is 9.62 Å². The van der Waals surface area contributed by atoms with Gasteiger partial charge in [-0.05, 0) is 31.2 Å². The van der Waals surface area contributed by atoms with Crippen molar-refractivity contribution in [3.05, 3.63) is 24.3 Å². The van der Waals surface area contributed by atoms with Gasteiger partial charge in [0.25, 0.3) is 0 Å². The lowest BCUT2D eigenvalue weighted by atomic mass is 10.3. The van der Waals surface area contributed by atoms with Crippen LogP contribution < -0.4 is 4.72 Å². The first-order valence-electron chi connectivity index (χ1n) is 6.58. The number of aromatic hydroxyl groups is 1. The second-order valence-electron chi connectivity index (χ2n) is 4.77. The topological polar surface area (TPSA) is 95.9 Å². The number of phenolic OH excluding ortho intramolecular Hbond substituents is 1.